The average molecular weight is 308 g/mol. The average Bonchev–Trinajstić information content (AvgIpc) is 2.38. The molecule has 1 aromatic heterocycles. The summed E-state index contributed by atoms with van der Waals surface area (Å²) < 4.78 is 5.99. The molecular formula is C14H14BrNO2. The summed E-state index contributed by atoms with van der Waals surface area (Å²) in [5.74, 6) is 0.634. The lowest BCUT2D eigenvalue weighted by atomic mass is 10.0. The van der Waals surface area contributed by atoms with Gasteiger partial charge in [0.1, 0.15) is 11.9 Å². The normalized spacial score (nSPS) is 12.2. The van der Waals surface area contributed by atoms with Crippen LogP contribution in [0.15, 0.2) is 41.1 Å². The molecular weight excluding hydrogens is 294 g/mol. The summed E-state index contributed by atoms with van der Waals surface area (Å²) in [5, 5.41) is 10.4. The molecule has 0 spiro atoms. The van der Waals surface area contributed by atoms with Gasteiger partial charge in [0.2, 0.25) is 0 Å². The summed E-state index contributed by atoms with van der Waals surface area (Å²) in [6.45, 7) is 2.01. The van der Waals surface area contributed by atoms with Crippen molar-refractivity contribution in [3.05, 3.63) is 57.8 Å². The van der Waals surface area contributed by atoms with Crippen LogP contribution in [0.2, 0.25) is 0 Å². The van der Waals surface area contributed by atoms with Crippen LogP contribution in [0.1, 0.15) is 22.8 Å². The molecule has 1 aromatic carbocycles. The molecule has 0 saturated carbocycles. The largest absolute Gasteiger partial charge is 0.495 e. The number of ether oxygens (including phenoxy) is 1. The van der Waals surface area contributed by atoms with E-state index in [9.17, 15) is 5.11 Å². The van der Waals surface area contributed by atoms with Gasteiger partial charge in [-0.05, 0) is 30.2 Å². The van der Waals surface area contributed by atoms with E-state index >= 15 is 0 Å². The monoisotopic (exact) mass is 307 g/mol. The first kappa shape index (κ1) is 13.1. The third-order valence-electron chi connectivity index (χ3n) is 2.74. The number of aromatic nitrogens is 1. The highest BCUT2D eigenvalue weighted by Gasteiger charge is 2.14. The maximum Gasteiger partial charge on any atom is 0.137 e. The van der Waals surface area contributed by atoms with Crippen molar-refractivity contribution in [2.75, 3.05) is 7.11 Å². The Hall–Kier alpha value is -1.39. The van der Waals surface area contributed by atoms with E-state index in [0.717, 1.165) is 15.6 Å². The molecule has 3 nitrogen and oxygen atoms in total. The van der Waals surface area contributed by atoms with Gasteiger partial charge in [0.05, 0.1) is 13.3 Å². The zero-order valence-corrected chi connectivity index (χ0v) is 11.8. The first-order valence-electron chi connectivity index (χ1n) is 5.55. The van der Waals surface area contributed by atoms with Crippen molar-refractivity contribution in [2.45, 2.75) is 13.0 Å². The summed E-state index contributed by atoms with van der Waals surface area (Å²) >= 11 is 3.47. The van der Waals surface area contributed by atoms with Gasteiger partial charge in [-0.15, -0.1) is 0 Å². The summed E-state index contributed by atoms with van der Waals surface area (Å²) in [4.78, 5) is 4.05. The number of hydrogen-bond donors (Lipinski definition) is 1. The highest BCUT2D eigenvalue weighted by Crippen LogP contribution is 2.30. The molecule has 0 aliphatic heterocycles. The second-order valence-corrected chi connectivity index (χ2v) is 4.94. The smallest absolute Gasteiger partial charge is 0.137 e. The molecule has 1 N–H and O–H groups in total. The third-order valence-corrected chi connectivity index (χ3v) is 3.42. The molecule has 1 heterocycles. The van der Waals surface area contributed by atoms with Gasteiger partial charge < -0.3 is 9.84 Å². The lowest BCUT2D eigenvalue weighted by Crippen LogP contribution is -2.02. The summed E-state index contributed by atoms with van der Waals surface area (Å²) in [6, 6.07) is 7.64. The number of halogens is 1. The minimum atomic E-state index is -0.720. The van der Waals surface area contributed by atoms with E-state index in [1.807, 2.05) is 25.1 Å². The minimum absolute atomic E-state index is 0.634. The van der Waals surface area contributed by atoms with Gasteiger partial charge in [-0.2, -0.15) is 0 Å². The second kappa shape index (κ2) is 5.50. The number of aliphatic hydroxyl groups excluding tert-OH is 1. The fraction of sp³-hybridized carbons (Fsp3) is 0.214. The molecule has 4 heteroatoms. The fourth-order valence-electron chi connectivity index (χ4n) is 1.73. The van der Waals surface area contributed by atoms with Gasteiger partial charge >= 0.3 is 0 Å². The summed E-state index contributed by atoms with van der Waals surface area (Å²) in [6.07, 6.45) is 2.53. The van der Waals surface area contributed by atoms with Crippen LogP contribution in [-0.2, 0) is 0 Å². The van der Waals surface area contributed by atoms with Gasteiger partial charge in [0.15, 0.2) is 0 Å². The number of methoxy groups -OCH3 is 1. The number of nitrogens with zero attached hydrogens (tertiary/aromatic N) is 1. The van der Waals surface area contributed by atoms with E-state index in [1.54, 1.807) is 25.6 Å². The Balaban J connectivity index is 2.37. The summed E-state index contributed by atoms with van der Waals surface area (Å²) in [5.41, 5.74) is 2.66. The molecule has 94 valence electrons. The molecule has 2 aromatic rings. The first-order valence-corrected chi connectivity index (χ1v) is 6.34. The lowest BCUT2D eigenvalue weighted by molar-refractivity contribution is 0.218. The Morgan fingerprint density at radius 2 is 2.06 bits per heavy atom. The predicted octanol–water partition coefficient (Wildman–Crippen LogP) is 3.24. The molecule has 0 aliphatic rings. The van der Waals surface area contributed by atoms with Crippen molar-refractivity contribution >= 4 is 15.9 Å². The van der Waals surface area contributed by atoms with Crippen LogP contribution in [0, 0.1) is 6.92 Å². The van der Waals surface area contributed by atoms with E-state index < -0.39 is 6.10 Å². The second-order valence-electron chi connectivity index (χ2n) is 4.09. The van der Waals surface area contributed by atoms with Crippen LogP contribution >= 0.6 is 15.9 Å². The van der Waals surface area contributed by atoms with Gasteiger partial charge in [-0.1, -0.05) is 28.1 Å². The van der Waals surface area contributed by atoms with E-state index in [-0.39, 0.29) is 0 Å². The lowest BCUT2D eigenvalue weighted by Gasteiger charge is -2.14. The Morgan fingerprint density at radius 1 is 1.28 bits per heavy atom. The fourth-order valence-corrected chi connectivity index (χ4v) is 2.44. The molecule has 0 amide bonds. The van der Waals surface area contributed by atoms with Crippen molar-refractivity contribution in [3.63, 3.8) is 0 Å². The van der Waals surface area contributed by atoms with Crippen LogP contribution in [0.4, 0.5) is 0 Å². The van der Waals surface area contributed by atoms with Crippen LogP contribution in [0.3, 0.4) is 0 Å². The van der Waals surface area contributed by atoms with Gasteiger partial charge in [0, 0.05) is 16.2 Å². The van der Waals surface area contributed by atoms with Crippen LogP contribution in [0.5, 0.6) is 5.75 Å². The molecule has 2 rings (SSSR count). The number of aliphatic hydroxyl groups is 1. The Kier molecular flexibility index (Phi) is 3.99. The first-order chi connectivity index (χ1) is 8.61. The van der Waals surface area contributed by atoms with Crippen molar-refractivity contribution < 1.29 is 9.84 Å². The minimum Gasteiger partial charge on any atom is -0.495 e. The molecule has 18 heavy (non-hydrogen) atoms. The molecule has 0 bridgehead atoms. The standard InChI is InChI=1S/C14H14BrNO2/c1-9-3-4-12(13(15)5-9)14(17)10-6-11(18-2)8-16-7-10/h3-8,14,17H,1-2H3. The molecule has 0 fully saturated rings. The molecule has 0 saturated heterocycles. The maximum absolute atomic E-state index is 10.4. The van der Waals surface area contributed by atoms with Crippen LogP contribution in [-0.4, -0.2) is 17.2 Å². The highest BCUT2D eigenvalue weighted by molar-refractivity contribution is 9.10. The van der Waals surface area contributed by atoms with Crippen molar-refractivity contribution in [1.29, 1.82) is 0 Å². The maximum atomic E-state index is 10.4. The van der Waals surface area contributed by atoms with Crippen molar-refractivity contribution in [1.82, 2.24) is 4.98 Å². The SMILES string of the molecule is COc1cncc(C(O)c2ccc(C)cc2Br)c1. The van der Waals surface area contributed by atoms with E-state index in [0.29, 0.717) is 11.3 Å². The number of rotatable bonds is 3. The van der Waals surface area contributed by atoms with Gasteiger partial charge in [0.25, 0.3) is 0 Å². The van der Waals surface area contributed by atoms with Crippen molar-refractivity contribution in [2.24, 2.45) is 0 Å². The molecule has 1 unspecified atom stereocenters. The Labute approximate surface area is 115 Å². The number of aryl methyl sites for hydroxylation is 1. The predicted molar refractivity (Wildman–Crippen MR) is 73.7 cm³/mol. The summed E-state index contributed by atoms with van der Waals surface area (Å²) in [7, 11) is 1.58. The molecule has 1 atom stereocenters. The topological polar surface area (TPSA) is 42.4 Å². The highest BCUT2D eigenvalue weighted by atomic mass is 79.9. The zero-order chi connectivity index (χ0) is 13.1. The Bertz CT molecular complexity index is 557. The van der Waals surface area contributed by atoms with Gasteiger partial charge in [-0.3, -0.25) is 4.98 Å². The third kappa shape index (κ3) is 2.71. The van der Waals surface area contributed by atoms with E-state index in [1.165, 1.54) is 0 Å². The van der Waals surface area contributed by atoms with E-state index in [2.05, 4.69) is 20.9 Å². The van der Waals surface area contributed by atoms with Crippen LogP contribution in [0.25, 0.3) is 0 Å². The Morgan fingerprint density at radius 3 is 2.72 bits per heavy atom. The quantitative estimate of drug-likeness (QED) is 0.946. The molecule has 0 aliphatic carbocycles. The van der Waals surface area contributed by atoms with Gasteiger partial charge in [-0.25, -0.2) is 0 Å². The zero-order valence-electron chi connectivity index (χ0n) is 10.2. The number of benzene rings is 1. The van der Waals surface area contributed by atoms with Crippen molar-refractivity contribution in [3.8, 4) is 5.75 Å². The molecule has 0 radical (unpaired) electrons. The number of pyridine rings is 1. The van der Waals surface area contributed by atoms with E-state index in [4.69, 9.17) is 4.74 Å². The number of hydrogen-bond acceptors (Lipinski definition) is 3. The van der Waals surface area contributed by atoms with Crippen LogP contribution < -0.4 is 4.74 Å².